The van der Waals surface area contributed by atoms with Crippen LogP contribution in [0.5, 0.6) is 0 Å². The molecule has 128 valence electrons. The molecule has 1 aliphatic heterocycles. The third kappa shape index (κ3) is 3.31. The average Bonchev–Trinajstić information content (AvgIpc) is 3.28. The van der Waals surface area contributed by atoms with Crippen LogP contribution in [0, 0.1) is 0 Å². The molecule has 2 N–H and O–H groups in total. The van der Waals surface area contributed by atoms with Crippen molar-refractivity contribution in [2.75, 3.05) is 25.0 Å². The molecule has 7 nitrogen and oxygen atoms in total. The molecular formula is C18H20N6O. The van der Waals surface area contributed by atoms with Gasteiger partial charge in [-0.3, -0.25) is 4.79 Å². The van der Waals surface area contributed by atoms with Gasteiger partial charge < -0.3 is 15.2 Å². The molecule has 0 bridgehead atoms. The molecule has 25 heavy (non-hydrogen) atoms. The molecule has 4 rings (SSSR count). The molecule has 1 saturated heterocycles. The Hall–Kier alpha value is -2.96. The van der Waals surface area contributed by atoms with Crippen molar-refractivity contribution in [2.45, 2.75) is 19.3 Å². The molecule has 0 spiro atoms. The van der Waals surface area contributed by atoms with Crippen LogP contribution in [-0.2, 0) is 4.79 Å². The molecule has 1 amide bonds. The maximum Gasteiger partial charge on any atom is 0.222 e. The first kappa shape index (κ1) is 15.6. The maximum atomic E-state index is 11.7. The monoisotopic (exact) mass is 336 g/mol. The van der Waals surface area contributed by atoms with Gasteiger partial charge in [0.15, 0.2) is 17.3 Å². The first-order valence-corrected chi connectivity index (χ1v) is 8.59. The van der Waals surface area contributed by atoms with E-state index < -0.39 is 0 Å². The summed E-state index contributed by atoms with van der Waals surface area (Å²) in [5.41, 5.74) is 2.40. The summed E-state index contributed by atoms with van der Waals surface area (Å²) < 4.78 is 0. The highest BCUT2D eigenvalue weighted by Gasteiger charge is 2.19. The number of aromatic nitrogens is 4. The quantitative estimate of drug-likeness (QED) is 0.675. The summed E-state index contributed by atoms with van der Waals surface area (Å²) >= 11 is 0. The lowest BCUT2D eigenvalue weighted by Gasteiger charge is -2.15. The van der Waals surface area contributed by atoms with Crippen LogP contribution < -0.4 is 5.32 Å². The van der Waals surface area contributed by atoms with Crippen molar-refractivity contribution in [3.8, 4) is 11.4 Å². The van der Waals surface area contributed by atoms with Gasteiger partial charge in [-0.25, -0.2) is 15.0 Å². The second kappa shape index (κ2) is 6.88. The molecule has 3 heterocycles. The number of likely N-dealkylation sites (tertiary alicyclic amines) is 1. The van der Waals surface area contributed by atoms with E-state index in [4.69, 9.17) is 0 Å². The first-order valence-electron chi connectivity index (χ1n) is 8.59. The minimum absolute atomic E-state index is 0.268. The highest BCUT2D eigenvalue weighted by Crippen LogP contribution is 2.22. The Morgan fingerprint density at radius 1 is 1.20 bits per heavy atom. The topological polar surface area (TPSA) is 86.8 Å². The number of hydrogen-bond donors (Lipinski definition) is 2. The largest absolute Gasteiger partial charge is 0.368 e. The van der Waals surface area contributed by atoms with E-state index in [-0.39, 0.29) is 5.91 Å². The van der Waals surface area contributed by atoms with Crippen LogP contribution in [0.3, 0.4) is 0 Å². The molecule has 3 aromatic rings. The zero-order valence-electron chi connectivity index (χ0n) is 13.9. The van der Waals surface area contributed by atoms with Gasteiger partial charge in [0.25, 0.3) is 0 Å². The van der Waals surface area contributed by atoms with E-state index in [0.29, 0.717) is 17.9 Å². The number of benzene rings is 1. The molecular weight excluding hydrogens is 316 g/mol. The Morgan fingerprint density at radius 3 is 2.88 bits per heavy atom. The van der Waals surface area contributed by atoms with Gasteiger partial charge in [0.1, 0.15) is 5.52 Å². The molecule has 1 fully saturated rings. The number of fused-ring (bicyclic) bond motifs is 1. The molecule has 0 saturated carbocycles. The Kier molecular flexibility index (Phi) is 4.28. The Labute approximate surface area is 145 Å². The minimum Gasteiger partial charge on any atom is -0.368 e. The van der Waals surface area contributed by atoms with E-state index in [2.05, 4.69) is 25.3 Å². The summed E-state index contributed by atoms with van der Waals surface area (Å²) in [5, 5.41) is 3.36. The molecule has 1 aromatic carbocycles. The van der Waals surface area contributed by atoms with Crippen LogP contribution in [0.2, 0.25) is 0 Å². The lowest BCUT2D eigenvalue weighted by atomic mass is 10.2. The predicted molar refractivity (Wildman–Crippen MR) is 96.0 cm³/mol. The maximum absolute atomic E-state index is 11.7. The van der Waals surface area contributed by atoms with Crippen molar-refractivity contribution in [3.05, 3.63) is 36.7 Å². The molecule has 7 heteroatoms. The second-order valence-electron chi connectivity index (χ2n) is 6.13. The number of carbonyl (C=O) groups is 1. The average molecular weight is 336 g/mol. The van der Waals surface area contributed by atoms with Crippen LogP contribution in [0.1, 0.15) is 19.3 Å². The number of hydrogen-bond acceptors (Lipinski definition) is 5. The van der Waals surface area contributed by atoms with Crippen molar-refractivity contribution >= 4 is 22.9 Å². The molecule has 1 aliphatic rings. The van der Waals surface area contributed by atoms with E-state index in [1.165, 1.54) is 0 Å². The van der Waals surface area contributed by atoms with Crippen LogP contribution in [-0.4, -0.2) is 50.4 Å². The number of nitrogens with one attached hydrogen (secondary N) is 2. The van der Waals surface area contributed by atoms with Gasteiger partial charge in [-0.05, 0) is 12.8 Å². The summed E-state index contributed by atoms with van der Waals surface area (Å²) in [6.45, 7) is 2.41. The van der Waals surface area contributed by atoms with Crippen molar-refractivity contribution < 1.29 is 4.79 Å². The number of H-pyrrole nitrogens is 1. The van der Waals surface area contributed by atoms with Gasteiger partial charge in [-0.15, -0.1) is 0 Å². The molecule has 0 aliphatic carbocycles. The fraction of sp³-hybridized carbons (Fsp3) is 0.333. The number of anilines is 1. The predicted octanol–water partition coefficient (Wildman–Crippen LogP) is 2.44. The fourth-order valence-corrected chi connectivity index (χ4v) is 3.09. The normalized spacial score (nSPS) is 14.4. The van der Waals surface area contributed by atoms with Gasteiger partial charge in [-0.2, -0.15) is 0 Å². The highest BCUT2D eigenvalue weighted by molar-refractivity contribution is 5.84. The summed E-state index contributed by atoms with van der Waals surface area (Å²) in [4.78, 5) is 30.1. The number of imidazole rings is 1. The Bertz CT molecular complexity index is 876. The molecule has 0 unspecified atom stereocenters. The first-order chi connectivity index (χ1) is 12.3. The van der Waals surface area contributed by atoms with Gasteiger partial charge in [-0.1, -0.05) is 30.3 Å². The lowest BCUT2D eigenvalue weighted by molar-refractivity contribution is -0.127. The lowest BCUT2D eigenvalue weighted by Crippen LogP contribution is -2.27. The van der Waals surface area contributed by atoms with Gasteiger partial charge >= 0.3 is 0 Å². The number of amides is 1. The summed E-state index contributed by atoms with van der Waals surface area (Å²) in [5.74, 6) is 1.66. The number of carbonyl (C=O) groups excluding carboxylic acids is 1. The fourth-order valence-electron chi connectivity index (χ4n) is 3.09. The molecule has 2 aromatic heterocycles. The summed E-state index contributed by atoms with van der Waals surface area (Å²) in [6.07, 6.45) is 4.18. The molecule has 0 atom stereocenters. The van der Waals surface area contributed by atoms with E-state index in [9.17, 15) is 4.79 Å². The van der Waals surface area contributed by atoms with E-state index in [0.717, 1.165) is 49.4 Å². The number of aromatic amines is 1. The van der Waals surface area contributed by atoms with Crippen LogP contribution in [0.15, 0.2) is 36.7 Å². The number of nitrogens with zero attached hydrogens (tertiary/aromatic N) is 4. The van der Waals surface area contributed by atoms with Crippen LogP contribution in [0.25, 0.3) is 22.6 Å². The third-order valence-electron chi connectivity index (χ3n) is 4.39. The van der Waals surface area contributed by atoms with E-state index in [1.807, 2.05) is 35.2 Å². The van der Waals surface area contributed by atoms with Gasteiger partial charge in [0.05, 0.1) is 6.33 Å². The Balaban J connectivity index is 1.48. The zero-order valence-corrected chi connectivity index (χ0v) is 13.9. The zero-order chi connectivity index (χ0) is 17.1. The smallest absolute Gasteiger partial charge is 0.222 e. The summed E-state index contributed by atoms with van der Waals surface area (Å²) in [6, 6.07) is 9.86. The van der Waals surface area contributed by atoms with Crippen molar-refractivity contribution in [1.82, 2.24) is 24.8 Å². The Morgan fingerprint density at radius 2 is 2.08 bits per heavy atom. The van der Waals surface area contributed by atoms with Gasteiger partial charge in [0.2, 0.25) is 5.91 Å². The second-order valence-corrected chi connectivity index (χ2v) is 6.13. The van der Waals surface area contributed by atoms with E-state index in [1.54, 1.807) is 6.33 Å². The van der Waals surface area contributed by atoms with Crippen molar-refractivity contribution in [1.29, 1.82) is 0 Å². The number of rotatable bonds is 6. The standard InChI is InChI=1S/C18H20N6O/c25-14-8-4-10-24(14)11-5-9-19-17-15-18(21-12-20-15)23-16(22-17)13-6-2-1-3-7-13/h1-3,6-7,12H,4-5,8-11H2,(H2,19,20,21,22,23). The van der Waals surface area contributed by atoms with E-state index >= 15 is 0 Å². The third-order valence-corrected chi connectivity index (χ3v) is 4.39. The van der Waals surface area contributed by atoms with Crippen molar-refractivity contribution in [2.24, 2.45) is 0 Å². The minimum atomic E-state index is 0.268. The van der Waals surface area contributed by atoms with Crippen LogP contribution >= 0.6 is 0 Å². The van der Waals surface area contributed by atoms with Crippen molar-refractivity contribution in [3.63, 3.8) is 0 Å². The molecule has 0 radical (unpaired) electrons. The van der Waals surface area contributed by atoms with Gasteiger partial charge in [0, 0.05) is 31.6 Å². The van der Waals surface area contributed by atoms with Crippen LogP contribution in [0.4, 0.5) is 5.82 Å². The SMILES string of the molecule is O=C1CCCN1CCCNc1nc(-c2ccccc2)nc2nc[nH]c12. The summed E-state index contributed by atoms with van der Waals surface area (Å²) in [7, 11) is 0. The highest BCUT2D eigenvalue weighted by atomic mass is 16.2.